The Labute approximate surface area is 172 Å². The van der Waals surface area contributed by atoms with Crippen molar-refractivity contribution in [2.24, 2.45) is 0 Å². The van der Waals surface area contributed by atoms with Gasteiger partial charge in [0.25, 0.3) is 0 Å². The molecule has 2 N–H and O–H groups in total. The van der Waals surface area contributed by atoms with Crippen molar-refractivity contribution < 1.29 is 5.11 Å². The second-order valence-corrected chi connectivity index (χ2v) is 9.48. The Morgan fingerprint density at radius 3 is 2.76 bits per heavy atom. The van der Waals surface area contributed by atoms with Crippen molar-refractivity contribution in [3.05, 3.63) is 70.4 Å². The van der Waals surface area contributed by atoms with Crippen LogP contribution in [0.25, 0.3) is 10.9 Å². The minimum Gasteiger partial charge on any atom is -0.392 e. The fourth-order valence-electron chi connectivity index (χ4n) is 6.29. The van der Waals surface area contributed by atoms with E-state index in [-0.39, 0.29) is 11.5 Å². The topological polar surface area (TPSA) is 39.3 Å². The van der Waals surface area contributed by atoms with Crippen molar-refractivity contribution >= 4 is 10.9 Å². The molecule has 1 aromatic heterocycles. The summed E-state index contributed by atoms with van der Waals surface area (Å²) in [5, 5.41) is 12.3. The second kappa shape index (κ2) is 6.72. The standard InChI is InChI=1S/C26H30N2O/c29-25-16-19-5-1-3-7-22(19)26(25)11-13-28(14-12-26)17-18-9-10-24-21(15-18)20-6-2-4-8-23(20)27-24/h1,3,5,7,9-10,15,25,27,29H,2,4,6,8,11-14,16-17H2. The van der Waals surface area contributed by atoms with Gasteiger partial charge in [-0.1, -0.05) is 30.3 Å². The van der Waals surface area contributed by atoms with Gasteiger partial charge in [0, 0.05) is 28.6 Å². The number of aliphatic hydroxyl groups excluding tert-OH is 1. The molecule has 6 rings (SSSR count). The summed E-state index contributed by atoms with van der Waals surface area (Å²) in [6.07, 6.45) is 7.80. The summed E-state index contributed by atoms with van der Waals surface area (Å²) in [4.78, 5) is 6.24. The second-order valence-electron chi connectivity index (χ2n) is 9.48. The third kappa shape index (κ3) is 2.78. The first-order chi connectivity index (χ1) is 14.2. The molecule has 3 aliphatic rings. The predicted molar refractivity (Wildman–Crippen MR) is 117 cm³/mol. The molecule has 3 heteroatoms. The highest BCUT2D eigenvalue weighted by Gasteiger charge is 2.47. The SMILES string of the molecule is OC1Cc2ccccc2C12CCN(Cc1ccc3[nH]c4c(c3c1)CCCC4)CC2. The van der Waals surface area contributed by atoms with Gasteiger partial charge in [-0.05, 0) is 92.4 Å². The predicted octanol–water partition coefficient (Wildman–Crippen LogP) is 4.50. The first-order valence-corrected chi connectivity index (χ1v) is 11.3. The zero-order valence-electron chi connectivity index (χ0n) is 17.1. The van der Waals surface area contributed by atoms with Crippen LogP contribution in [-0.4, -0.2) is 34.2 Å². The molecule has 2 aliphatic carbocycles. The van der Waals surface area contributed by atoms with Gasteiger partial charge in [-0.2, -0.15) is 0 Å². The molecular weight excluding hydrogens is 356 g/mol. The number of aryl methyl sites for hydroxylation is 2. The molecule has 3 nitrogen and oxygen atoms in total. The zero-order chi connectivity index (χ0) is 19.4. The lowest BCUT2D eigenvalue weighted by atomic mass is 9.72. The van der Waals surface area contributed by atoms with Crippen LogP contribution in [0.15, 0.2) is 42.5 Å². The molecule has 0 radical (unpaired) electrons. The van der Waals surface area contributed by atoms with E-state index in [9.17, 15) is 5.11 Å². The third-order valence-electron chi connectivity index (χ3n) is 7.92. The average Bonchev–Trinajstić information content (AvgIpc) is 3.25. The van der Waals surface area contributed by atoms with Crippen LogP contribution in [0.4, 0.5) is 0 Å². The van der Waals surface area contributed by atoms with E-state index in [1.54, 1.807) is 5.56 Å². The molecule has 2 heterocycles. The van der Waals surface area contributed by atoms with Crippen LogP contribution in [0.5, 0.6) is 0 Å². The molecular formula is C26H30N2O. The van der Waals surface area contributed by atoms with E-state index in [1.807, 2.05) is 0 Å². The Kier molecular flexibility index (Phi) is 4.11. The number of hydrogen-bond acceptors (Lipinski definition) is 2. The molecule has 3 aromatic rings. The van der Waals surface area contributed by atoms with E-state index < -0.39 is 0 Å². The van der Waals surface area contributed by atoms with E-state index in [0.717, 1.165) is 38.9 Å². The summed E-state index contributed by atoms with van der Waals surface area (Å²) >= 11 is 0. The Morgan fingerprint density at radius 2 is 1.86 bits per heavy atom. The fourth-order valence-corrected chi connectivity index (χ4v) is 6.29. The zero-order valence-corrected chi connectivity index (χ0v) is 17.1. The van der Waals surface area contributed by atoms with Crippen molar-refractivity contribution in [1.29, 1.82) is 0 Å². The van der Waals surface area contributed by atoms with Gasteiger partial charge in [-0.25, -0.2) is 0 Å². The van der Waals surface area contributed by atoms with Crippen LogP contribution in [-0.2, 0) is 31.2 Å². The Hall–Kier alpha value is -2.10. The van der Waals surface area contributed by atoms with Gasteiger partial charge >= 0.3 is 0 Å². The monoisotopic (exact) mass is 386 g/mol. The molecule has 1 spiro atoms. The maximum Gasteiger partial charge on any atom is 0.0678 e. The van der Waals surface area contributed by atoms with Crippen LogP contribution in [0.1, 0.15) is 53.6 Å². The number of hydrogen-bond donors (Lipinski definition) is 2. The number of rotatable bonds is 2. The third-order valence-corrected chi connectivity index (χ3v) is 7.92. The molecule has 1 saturated heterocycles. The van der Waals surface area contributed by atoms with Crippen LogP contribution in [0.2, 0.25) is 0 Å². The number of nitrogens with one attached hydrogen (secondary N) is 1. The summed E-state index contributed by atoms with van der Waals surface area (Å²) in [6, 6.07) is 15.7. The Balaban J connectivity index is 1.21. The molecule has 0 saturated carbocycles. The number of aromatic nitrogens is 1. The highest BCUT2D eigenvalue weighted by molar-refractivity contribution is 5.85. The van der Waals surface area contributed by atoms with Crippen molar-refractivity contribution in [1.82, 2.24) is 9.88 Å². The summed E-state index contributed by atoms with van der Waals surface area (Å²) < 4.78 is 0. The molecule has 2 aromatic carbocycles. The van der Waals surface area contributed by atoms with Crippen molar-refractivity contribution in [2.45, 2.75) is 63.0 Å². The van der Waals surface area contributed by atoms with Gasteiger partial charge in [0.2, 0.25) is 0 Å². The van der Waals surface area contributed by atoms with Crippen LogP contribution in [0, 0.1) is 0 Å². The number of aliphatic hydroxyl groups is 1. The number of likely N-dealkylation sites (tertiary alicyclic amines) is 1. The number of piperidine rings is 1. The lowest BCUT2D eigenvalue weighted by Crippen LogP contribution is -2.47. The molecule has 0 bridgehead atoms. The summed E-state index contributed by atoms with van der Waals surface area (Å²) in [5.41, 5.74) is 8.52. The van der Waals surface area contributed by atoms with Gasteiger partial charge in [-0.15, -0.1) is 0 Å². The van der Waals surface area contributed by atoms with Crippen molar-refractivity contribution in [3.63, 3.8) is 0 Å². The Morgan fingerprint density at radius 1 is 1.03 bits per heavy atom. The quantitative estimate of drug-likeness (QED) is 0.681. The largest absolute Gasteiger partial charge is 0.392 e. The summed E-state index contributed by atoms with van der Waals surface area (Å²) in [6.45, 7) is 3.15. The van der Waals surface area contributed by atoms with E-state index in [0.29, 0.717) is 0 Å². The summed E-state index contributed by atoms with van der Waals surface area (Å²) in [7, 11) is 0. The number of aromatic amines is 1. The molecule has 1 atom stereocenters. The highest BCUT2D eigenvalue weighted by atomic mass is 16.3. The smallest absolute Gasteiger partial charge is 0.0678 e. The molecule has 29 heavy (non-hydrogen) atoms. The maximum absolute atomic E-state index is 10.9. The maximum atomic E-state index is 10.9. The number of nitrogens with zero attached hydrogens (tertiary/aromatic N) is 1. The van der Waals surface area contributed by atoms with Crippen LogP contribution < -0.4 is 0 Å². The molecule has 0 amide bonds. The first-order valence-electron chi connectivity index (χ1n) is 11.3. The number of H-pyrrole nitrogens is 1. The lowest BCUT2D eigenvalue weighted by Gasteiger charge is -2.42. The molecule has 1 aliphatic heterocycles. The van der Waals surface area contributed by atoms with E-state index >= 15 is 0 Å². The van der Waals surface area contributed by atoms with Crippen LogP contribution in [0.3, 0.4) is 0 Å². The van der Waals surface area contributed by atoms with E-state index in [2.05, 4.69) is 52.3 Å². The van der Waals surface area contributed by atoms with Gasteiger partial charge in [0.15, 0.2) is 0 Å². The molecule has 1 fully saturated rings. The first kappa shape index (κ1) is 17.7. The van der Waals surface area contributed by atoms with Gasteiger partial charge in [-0.3, -0.25) is 4.90 Å². The van der Waals surface area contributed by atoms with Crippen LogP contribution >= 0.6 is 0 Å². The van der Waals surface area contributed by atoms with Gasteiger partial charge < -0.3 is 10.1 Å². The van der Waals surface area contributed by atoms with E-state index in [4.69, 9.17) is 0 Å². The van der Waals surface area contributed by atoms with Crippen molar-refractivity contribution in [2.75, 3.05) is 13.1 Å². The average molecular weight is 387 g/mol. The van der Waals surface area contributed by atoms with E-state index in [1.165, 1.54) is 59.0 Å². The van der Waals surface area contributed by atoms with Gasteiger partial charge in [0.1, 0.15) is 0 Å². The minimum absolute atomic E-state index is 0.0171. The number of fused-ring (bicyclic) bond motifs is 5. The van der Waals surface area contributed by atoms with Gasteiger partial charge in [0.05, 0.1) is 6.10 Å². The number of benzene rings is 2. The normalized spacial score (nSPS) is 23.4. The fraction of sp³-hybridized carbons (Fsp3) is 0.462. The minimum atomic E-state index is -0.218. The summed E-state index contributed by atoms with van der Waals surface area (Å²) in [5.74, 6) is 0. The lowest BCUT2D eigenvalue weighted by molar-refractivity contribution is 0.0414. The Bertz CT molecular complexity index is 1060. The van der Waals surface area contributed by atoms with Crippen molar-refractivity contribution in [3.8, 4) is 0 Å². The highest BCUT2D eigenvalue weighted by Crippen LogP contribution is 2.46. The molecule has 1 unspecified atom stereocenters. The molecule has 150 valence electrons.